The fourth-order valence-corrected chi connectivity index (χ4v) is 2.22. The Bertz CT molecular complexity index is 211. The molecule has 1 aliphatic heterocycles. The summed E-state index contributed by atoms with van der Waals surface area (Å²) in [5, 5.41) is 29.6. The SMILES string of the molecule is CCC1O[C@H](O)[C@H](C(C)(C)C)C(O)[C@H]1O. The summed E-state index contributed by atoms with van der Waals surface area (Å²) in [5.41, 5.74) is -0.307. The first-order chi connectivity index (χ1) is 6.79. The summed E-state index contributed by atoms with van der Waals surface area (Å²) in [6, 6.07) is 0. The van der Waals surface area contributed by atoms with E-state index >= 15 is 0 Å². The van der Waals surface area contributed by atoms with Crippen molar-refractivity contribution < 1.29 is 20.1 Å². The van der Waals surface area contributed by atoms with E-state index in [1.807, 2.05) is 27.7 Å². The second-order valence-electron chi connectivity index (χ2n) is 5.35. The Hall–Kier alpha value is -0.160. The van der Waals surface area contributed by atoms with Crippen molar-refractivity contribution in [2.45, 2.75) is 58.7 Å². The minimum Gasteiger partial charge on any atom is -0.390 e. The number of aliphatic hydroxyl groups excluding tert-OH is 3. The van der Waals surface area contributed by atoms with Crippen molar-refractivity contribution in [3.8, 4) is 0 Å². The summed E-state index contributed by atoms with van der Waals surface area (Å²) >= 11 is 0. The highest BCUT2D eigenvalue weighted by Crippen LogP contribution is 2.38. The van der Waals surface area contributed by atoms with E-state index in [0.717, 1.165) is 0 Å². The molecule has 0 radical (unpaired) electrons. The zero-order valence-electron chi connectivity index (χ0n) is 9.84. The van der Waals surface area contributed by atoms with Gasteiger partial charge in [-0.3, -0.25) is 0 Å². The molecule has 1 saturated heterocycles. The van der Waals surface area contributed by atoms with Crippen molar-refractivity contribution in [3.63, 3.8) is 0 Å². The molecule has 2 unspecified atom stereocenters. The van der Waals surface area contributed by atoms with Crippen molar-refractivity contribution in [3.05, 3.63) is 0 Å². The molecular weight excluding hydrogens is 196 g/mol. The molecule has 4 heteroatoms. The van der Waals surface area contributed by atoms with E-state index in [9.17, 15) is 15.3 Å². The summed E-state index contributed by atoms with van der Waals surface area (Å²) in [4.78, 5) is 0. The molecule has 3 N–H and O–H groups in total. The number of hydrogen-bond acceptors (Lipinski definition) is 4. The number of rotatable bonds is 1. The van der Waals surface area contributed by atoms with Crippen LogP contribution in [0.15, 0.2) is 0 Å². The van der Waals surface area contributed by atoms with Gasteiger partial charge in [0.1, 0.15) is 6.10 Å². The maximum Gasteiger partial charge on any atom is 0.160 e. The van der Waals surface area contributed by atoms with Crippen LogP contribution >= 0.6 is 0 Å². The molecule has 0 saturated carbocycles. The van der Waals surface area contributed by atoms with Gasteiger partial charge in [-0.15, -0.1) is 0 Å². The first-order valence-corrected chi connectivity index (χ1v) is 5.48. The van der Waals surface area contributed by atoms with E-state index in [2.05, 4.69) is 0 Å². The Morgan fingerprint density at radius 1 is 1.07 bits per heavy atom. The molecule has 1 fully saturated rings. The number of aliphatic hydroxyl groups is 3. The predicted molar refractivity (Wildman–Crippen MR) is 56.1 cm³/mol. The van der Waals surface area contributed by atoms with Gasteiger partial charge in [0.25, 0.3) is 0 Å². The molecule has 5 atom stereocenters. The molecule has 0 aliphatic carbocycles. The summed E-state index contributed by atoms with van der Waals surface area (Å²) < 4.78 is 5.30. The molecule has 0 spiro atoms. The van der Waals surface area contributed by atoms with Gasteiger partial charge in [0.05, 0.1) is 12.2 Å². The normalized spacial score (nSPS) is 43.0. The first kappa shape index (κ1) is 12.9. The fourth-order valence-electron chi connectivity index (χ4n) is 2.22. The van der Waals surface area contributed by atoms with Crippen molar-refractivity contribution in [2.24, 2.45) is 11.3 Å². The molecule has 4 nitrogen and oxygen atoms in total. The average molecular weight is 218 g/mol. The van der Waals surface area contributed by atoms with Gasteiger partial charge in [-0.2, -0.15) is 0 Å². The Morgan fingerprint density at radius 2 is 1.60 bits per heavy atom. The molecule has 0 aromatic carbocycles. The Balaban J connectivity index is 2.84. The monoisotopic (exact) mass is 218 g/mol. The largest absolute Gasteiger partial charge is 0.390 e. The third kappa shape index (κ3) is 2.50. The highest BCUT2D eigenvalue weighted by atomic mass is 16.6. The highest BCUT2D eigenvalue weighted by molar-refractivity contribution is 4.93. The van der Waals surface area contributed by atoms with Crippen LogP contribution in [-0.2, 0) is 4.74 Å². The van der Waals surface area contributed by atoms with Gasteiger partial charge in [-0.1, -0.05) is 27.7 Å². The van der Waals surface area contributed by atoms with Crippen LogP contribution < -0.4 is 0 Å². The van der Waals surface area contributed by atoms with Gasteiger partial charge >= 0.3 is 0 Å². The fraction of sp³-hybridized carbons (Fsp3) is 1.00. The Kier molecular flexibility index (Phi) is 3.76. The van der Waals surface area contributed by atoms with Gasteiger partial charge < -0.3 is 20.1 Å². The molecular formula is C11H22O4. The van der Waals surface area contributed by atoms with Crippen molar-refractivity contribution in [2.75, 3.05) is 0 Å². The van der Waals surface area contributed by atoms with Gasteiger partial charge in [-0.25, -0.2) is 0 Å². The summed E-state index contributed by atoms with van der Waals surface area (Å²) in [6.45, 7) is 7.58. The van der Waals surface area contributed by atoms with Crippen LogP contribution in [0.1, 0.15) is 34.1 Å². The Morgan fingerprint density at radius 3 is 2.00 bits per heavy atom. The highest BCUT2D eigenvalue weighted by Gasteiger charge is 2.47. The van der Waals surface area contributed by atoms with E-state index < -0.39 is 30.5 Å². The van der Waals surface area contributed by atoms with Crippen molar-refractivity contribution in [1.29, 1.82) is 0 Å². The second kappa shape index (κ2) is 4.37. The van der Waals surface area contributed by atoms with E-state index in [-0.39, 0.29) is 5.41 Å². The predicted octanol–water partition coefficient (Wildman–Crippen LogP) is 0.498. The second-order valence-corrected chi connectivity index (χ2v) is 5.35. The van der Waals surface area contributed by atoms with Gasteiger partial charge in [0.15, 0.2) is 6.29 Å². The zero-order chi connectivity index (χ0) is 11.8. The van der Waals surface area contributed by atoms with Crippen LogP contribution in [0.3, 0.4) is 0 Å². The molecule has 0 aromatic heterocycles. The molecule has 0 amide bonds. The lowest BCUT2D eigenvalue weighted by Crippen LogP contribution is -2.57. The van der Waals surface area contributed by atoms with Crippen LogP contribution in [0.25, 0.3) is 0 Å². The first-order valence-electron chi connectivity index (χ1n) is 5.48. The third-order valence-electron chi connectivity index (χ3n) is 3.12. The lowest BCUT2D eigenvalue weighted by Gasteiger charge is -2.46. The lowest BCUT2D eigenvalue weighted by atomic mass is 9.73. The van der Waals surface area contributed by atoms with Gasteiger partial charge in [0.2, 0.25) is 0 Å². The molecule has 90 valence electrons. The van der Waals surface area contributed by atoms with Crippen molar-refractivity contribution in [1.82, 2.24) is 0 Å². The van der Waals surface area contributed by atoms with Gasteiger partial charge in [0, 0.05) is 5.92 Å². The van der Waals surface area contributed by atoms with Crippen LogP contribution in [0.2, 0.25) is 0 Å². The van der Waals surface area contributed by atoms with Crippen LogP contribution in [-0.4, -0.2) is 39.9 Å². The third-order valence-corrected chi connectivity index (χ3v) is 3.12. The summed E-state index contributed by atoms with van der Waals surface area (Å²) in [7, 11) is 0. The van der Waals surface area contributed by atoms with Crippen LogP contribution in [0.5, 0.6) is 0 Å². The van der Waals surface area contributed by atoms with Crippen LogP contribution in [0.4, 0.5) is 0 Å². The summed E-state index contributed by atoms with van der Waals surface area (Å²) in [6.07, 6.45) is -2.75. The van der Waals surface area contributed by atoms with E-state index in [4.69, 9.17) is 4.74 Å². The van der Waals surface area contributed by atoms with E-state index in [0.29, 0.717) is 6.42 Å². The average Bonchev–Trinajstić information content (AvgIpc) is 2.09. The molecule has 0 aromatic rings. The van der Waals surface area contributed by atoms with Crippen molar-refractivity contribution >= 4 is 0 Å². The van der Waals surface area contributed by atoms with Crippen LogP contribution in [0, 0.1) is 11.3 Å². The minimum atomic E-state index is -1.01. The minimum absolute atomic E-state index is 0.307. The standard InChI is InChI=1S/C11H22O4/c1-5-6-8(12)9(13)7(10(14)15-6)11(2,3)4/h6-10,12-14H,5H2,1-4H3/t6?,7-,8+,9?,10+/m1/s1. The van der Waals surface area contributed by atoms with E-state index in [1.165, 1.54) is 0 Å². The van der Waals surface area contributed by atoms with Gasteiger partial charge in [-0.05, 0) is 11.8 Å². The number of hydrogen-bond donors (Lipinski definition) is 3. The maximum atomic E-state index is 9.96. The molecule has 0 bridgehead atoms. The molecule has 1 heterocycles. The molecule has 1 rings (SSSR count). The number of ether oxygens (including phenoxy) is 1. The zero-order valence-corrected chi connectivity index (χ0v) is 9.84. The van der Waals surface area contributed by atoms with E-state index in [1.54, 1.807) is 0 Å². The Labute approximate surface area is 90.9 Å². The molecule has 1 aliphatic rings. The smallest absolute Gasteiger partial charge is 0.160 e. The molecule has 15 heavy (non-hydrogen) atoms. The maximum absolute atomic E-state index is 9.96. The quantitative estimate of drug-likeness (QED) is 0.599. The summed E-state index contributed by atoms with van der Waals surface area (Å²) in [5.74, 6) is -0.463. The lowest BCUT2D eigenvalue weighted by molar-refractivity contribution is -0.281. The topological polar surface area (TPSA) is 69.9 Å².